The Morgan fingerprint density at radius 3 is 2.33 bits per heavy atom. The minimum absolute atomic E-state index is 0.105. The van der Waals surface area contributed by atoms with Crippen LogP contribution in [0, 0.1) is 0 Å². The van der Waals surface area contributed by atoms with Crippen LogP contribution in [0.4, 0.5) is 0 Å². The number of nitrogens with one attached hydrogen (secondary N) is 1. The van der Waals surface area contributed by atoms with Crippen LogP contribution >= 0.6 is 0 Å². The van der Waals surface area contributed by atoms with Crippen LogP contribution in [0.1, 0.15) is 18.9 Å². The Bertz CT molecular complexity index is 749. The number of para-hydroxylation sites is 1. The van der Waals surface area contributed by atoms with E-state index in [2.05, 4.69) is 30.6 Å². The van der Waals surface area contributed by atoms with Gasteiger partial charge in [-0.15, -0.1) is 0 Å². The van der Waals surface area contributed by atoms with Gasteiger partial charge in [-0.05, 0) is 18.6 Å². The lowest BCUT2D eigenvalue weighted by Gasteiger charge is -2.13. The Morgan fingerprint density at radius 2 is 1.71 bits per heavy atom. The highest BCUT2D eigenvalue weighted by atomic mass is 16.3. The molecule has 0 bridgehead atoms. The Kier molecular flexibility index (Phi) is 5.41. The number of aliphatic hydroxyl groups excluding tert-OH is 1. The fourth-order valence-corrected chi connectivity index (χ4v) is 2.68. The molecule has 0 saturated carbocycles. The smallest absolute Gasteiger partial charge is 0.0972 e. The quantitative estimate of drug-likeness (QED) is 0.701. The SMILES string of the molecule is CC[C@@H](CO)NCc1cn(-c2ccccc2)nc1-c1ccccc1. The second-order valence-corrected chi connectivity index (χ2v) is 5.82. The largest absolute Gasteiger partial charge is 0.395 e. The molecule has 0 radical (unpaired) electrons. The molecule has 1 heterocycles. The van der Waals surface area contributed by atoms with E-state index >= 15 is 0 Å². The van der Waals surface area contributed by atoms with Crippen molar-refractivity contribution >= 4 is 0 Å². The first-order chi connectivity index (χ1) is 11.8. The van der Waals surface area contributed by atoms with E-state index < -0.39 is 0 Å². The van der Waals surface area contributed by atoms with Crippen LogP contribution in [0.3, 0.4) is 0 Å². The maximum absolute atomic E-state index is 9.39. The van der Waals surface area contributed by atoms with E-state index in [0.717, 1.165) is 28.9 Å². The van der Waals surface area contributed by atoms with Crippen molar-refractivity contribution in [2.24, 2.45) is 0 Å². The van der Waals surface area contributed by atoms with Crippen molar-refractivity contribution in [1.29, 1.82) is 0 Å². The molecule has 24 heavy (non-hydrogen) atoms. The molecular weight excluding hydrogens is 298 g/mol. The maximum atomic E-state index is 9.39. The Morgan fingerprint density at radius 1 is 1.04 bits per heavy atom. The molecule has 3 aromatic rings. The summed E-state index contributed by atoms with van der Waals surface area (Å²) >= 11 is 0. The third kappa shape index (κ3) is 3.72. The summed E-state index contributed by atoms with van der Waals surface area (Å²) in [5.74, 6) is 0. The van der Waals surface area contributed by atoms with Crippen molar-refractivity contribution in [2.75, 3.05) is 6.61 Å². The van der Waals surface area contributed by atoms with Crippen molar-refractivity contribution in [3.8, 4) is 16.9 Å². The minimum atomic E-state index is 0.105. The van der Waals surface area contributed by atoms with Gasteiger partial charge in [0.15, 0.2) is 0 Å². The Hall–Kier alpha value is -2.43. The number of hydrogen-bond donors (Lipinski definition) is 2. The standard InChI is InChI=1S/C20H23N3O/c1-2-18(15-24)21-13-17-14-23(19-11-7-4-8-12-19)22-20(17)16-9-5-3-6-10-16/h3-12,14,18,21,24H,2,13,15H2,1H3/t18-/m0/s1. The van der Waals surface area contributed by atoms with Crippen molar-refractivity contribution < 1.29 is 5.11 Å². The molecule has 2 N–H and O–H groups in total. The third-order valence-corrected chi connectivity index (χ3v) is 4.15. The third-order valence-electron chi connectivity index (χ3n) is 4.15. The molecule has 0 aliphatic rings. The number of hydrogen-bond acceptors (Lipinski definition) is 3. The van der Waals surface area contributed by atoms with E-state index in [0.29, 0.717) is 6.54 Å². The molecule has 0 unspecified atom stereocenters. The molecule has 0 spiro atoms. The van der Waals surface area contributed by atoms with E-state index in [9.17, 15) is 5.11 Å². The highest BCUT2D eigenvalue weighted by Gasteiger charge is 2.13. The average molecular weight is 321 g/mol. The molecule has 1 aromatic heterocycles. The van der Waals surface area contributed by atoms with Crippen LogP contribution in [-0.4, -0.2) is 27.5 Å². The number of rotatable bonds is 7. The van der Waals surface area contributed by atoms with Gasteiger partial charge in [-0.25, -0.2) is 4.68 Å². The van der Waals surface area contributed by atoms with Gasteiger partial charge in [0.2, 0.25) is 0 Å². The van der Waals surface area contributed by atoms with Gasteiger partial charge in [0.25, 0.3) is 0 Å². The second kappa shape index (κ2) is 7.90. The van der Waals surface area contributed by atoms with Crippen LogP contribution in [0.25, 0.3) is 16.9 Å². The van der Waals surface area contributed by atoms with Crippen molar-refractivity contribution in [2.45, 2.75) is 25.9 Å². The van der Waals surface area contributed by atoms with Gasteiger partial charge in [-0.3, -0.25) is 0 Å². The van der Waals surface area contributed by atoms with Gasteiger partial charge in [-0.1, -0.05) is 55.5 Å². The minimum Gasteiger partial charge on any atom is -0.395 e. The van der Waals surface area contributed by atoms with Crippen LogP contribution in [-0.2, 0) is 6.54 Å². The van der Waals surface area contributed by atoms with E-state index in [-0.39, 0.29) is 12.6 Å². The normalized spacial score (nSPS) is 12.2. The molecule has 2 aromatic carbocycles. The molecule has 0 saturated heterocycles. The number of nitrogens with zero attached hydrogens (tertiary/aromatic N) is 2. The number of aliphatic hydroxyl groups is 1. The summed E-state index contributed by atoms with van der Waals surface area (Å²) in [6.07, 6.45) is 2.96. The van der Waals surface area contributed by atoms with Gasteiger partial charge in [-0.2, -0.15) is 5.10 Å². The van der Waals surface area contributed by atoms with E-state index in [4.69, 9.17) is 5.10 Å². The lowest BCUT2D eigenvalue weighted by molar-refractivity contribution is 0.238. The lowest BCUT2D eigenvalue weighted by Crippen LogP contribution is -2.31. The van der Waals surface area contributed by atoms with Crippen molar-refractivity contribution in [3.05, 3.63) is 72.4 Å². The predicted octanol–water partition coefficient (Wildman–Crippen LogP) is 3.40. The number of benzene rings is 2. The lowest BCUT2D eigenvalue weighted by atomic mass is 10.1. The molecular formula is C20H23N3O. The highest BCUT2D eigenvalue weighted by molar-refractivity contribution is 5.63. The average Bonchev–Trinajstić information content (AvgIpc) is 3.08. The van der Waals surface area contributed by atoms with Crippen LogP contribution in [0.15, 0.2) is 66.9 Å². The zero-order valence-electron chi connectivity index (χ0n) is 13.9. The zero-order chi connectivity index (χ0) is 16.8. The van der Waals surface area contributed by atoms with Gasteiger partial charge in [0, 0.05) is 29.9 Å². The summed E-state index contributed by atoms with van der Waals surface area (Å²) in [4.78, 5) is 0. The first kappa shape index (κ1) is 16.4. The molecule has 4 heteroatoms. The monoisotopic (exact) mass is 321 g/mol. The summed E-state index contributed by atoms with van der Waals surface area (Å²) in [5.41, 5.74) is 4.23. The predicted molar refractivity (Wildman–Crippen MR) is 97.0 cm³/mol. The summed E-state index contributed by atoms with van der Waals surface area (Å²) < 4.78 is 1.92. The van der Waals surface area contributed by atoms with Crippen LogP contribution in [0.5, 0.6) is 0 Å². The fourth-order valence-electron chi connectivity index (χ4n) is 2.68. The zero-order valence-corrected chi connectivity index (χ0v) is 13.9. The summed E-state index contributed by atoms with van der Waals surface area (Å²) in [7, 11) is 0. The Labute approximate surface area is 142 Å². The first-order valence-corrected chi connectivity index (χ1v) is 8.35. The molecule has 1 atom stereocenters. The van der Waals surface area contributed by atoms with Gasteiger partial charge in [0.05, 0.1) is 18.0 Å². The molecule has 0 aliphatic heterocycles. The summed E-state index contributed by atoms with van der Waals surface area (Å²) in [5, 5.41) is 17.6. The van der Waals surface area contributed by atoms with Gasteiger partial charge < -0.3 is 10.4 Å². The molecule has 0 fully saturated rings. The van der Waals surface area contributed by atoms with E-state index in [1.54, 1.807) is 0 Å². The molecule has 0 aliphatic carbocycles. The molecule has 0 amide bonds. The maximum Gasteiger partial charge on any atom is 0.0972 e. The molecule has 3 rings (SSSR count). The van der Waals surface area contributed by atoms with E-state index in [1.807, 2.05) is 53.2 Å². The molecule has 4 nitrogen and oxygen atoms in total. The van der Waals surface area contributed by atoms with E-state index in [1.165, 1.54) is 0 Å². The van der Waals surface area contributed by atoms with Crippen LogP contribution in [0.2, 0.25) is 0 Å². The highest BCUT2D eigenvalue weighted by Crippen LogP contribution is 2.23. The van der Waals surface area contributed by atoms with Crippen molar-refractivity contribution in [1.82, 2.24) is 15.1 Å². The summed E-state index contributed by atoms with van der Waals surface area (Å²) in [6, 6.07) is 20.4. The van der Waals surface area contributed by atoms with Crippen LogP contribution < -0.4 is 5.32 Å². The fraction of sp³-hybridized carbons (Fsp3) is 0.250. The number of aromatic nitrogens is 2. The first-order valence-electron chi connectivity index (χ1n) is 8.35. The summed E-state index contributed by atoms with van der Waals surface area (Å²) in [6.45, 7) is 2.89. The van der Waals surface area contributed by atoms with Gasteiger partial charge >= 0.3 is 0 Å². The van der Waals surface area contributed by atoms with Gasteiger partial charge in [0.1, 0.15) is 0 Å². The van der Waals surface area contributed by atoms with Crippen molar-refractivity contribution in [3.63, 3.8) is 0 Å². The molecule has 124 valence electrons. The Balaban J connectivity index is 1.94. The second-order valence-electron chi connectivity index (χ2n) is 5.82. The topological polar surface area (TPSA) is 50.1 Å².